The number of nitrogens with zero attached hydrogens (tertiary/aromatic N) is 2. The molecular formula is C20H22N2O3S. The van der Waals surface area contributed by atoms with Crippen molar-refractivity contribution in [1.82, 2.24) is 9.21 Å². The molecular weight excluding hydrogens is 348 g/mol. The van der Waals surface area contributed by atoms with Gasteiger partial charge >= 0.3 is 0 Å². The van der Waals surface area contributed by atoms with Gasteiger partial charge in [-0.15, -0.1) is 0 Å². The van der Waals surface area contributed by atoms with Crippen molar-refractivity contribution < 1.29 is 13.2 Å². The number of piperazine rings is 1. The Morgan fingerprint density at radius 3 is 2.08 bits per heavy atom. The molecule has 1 fully saturated rings. The van der Waals surface area contributed by atoms with Gasteiger partial charge in [-0.3, -0.25) is 4.79 Å². The van der Waals surface area contributed by atoms with Crippen LogP contribution in [0, 0.1) is 0 Å². The molecule has 136 valence electrons. The van der Waals surface area contributed by atoms with Crippen LogP contribution in [0.3, 0.4) is 0 Å². The lowest BCUT2D eigenvalue weighted by molar-refractivity contribution is -0.131. The summed E-state index contributed by atoms with van der Waals surface area (Å²) in [5.41, 5.74) is 1.81. The van der Waals surface area contributed by atoms with E-state index in [0.717, 1.165) is 11.1 Å². The van der Waals surface area contributed by atoms with E-state index in [1.807, 2.05) is 60.7 Å². The van der Waals surface area contributed by atoms with Gasteiger partial charge in [0.25, 0.3) is 0 Å². The Balaban J connectivity index is 1.55. The van der Waals surface area contributed by atoms with E-state index in [0.29, 0.717) is 32.6 Å². The summed E-state index contributed by atoms with van der Waals surface area (Å²) in [7, 11) is -3.47. The van der Waals surface area contributed by atoms with Crippen molar-refractivity contribution in [1.29, 1.82) is 0 Å². The lowest BCUT2D eigenvalue weighted by atomic mass is 10.1. The molecule has 3 rings (SSSR count). The molecule has 0 atom stereocenters. The van der Waals surface area contributed by atoms with Gasteiger partial charge in [0.1, 0.15) is 0 Å². The lowest BCUT2D eigenvalue weighted by Gasteiger charge is -2.33. The van der Waals surface area contributed by atoms with Gasteiger partial charge in [0, 0.05) is 31.6 Å². The minimum absolute atomic E-state index is 0.0353. The van der Waals surface area contributed by atoms with Crippen LogP contribution in [0.4, 0.5) is 0 Å². The normalized spacial score (nSPS) is 16.1. The first-order chi connectivity index (χ1) is 12.5. The highest BCUT2D eigenvalue weighted by atomic mass is 32.2. The molecule has 26 heavy (non-hydrogen) atoms. The molecule has 1 amide bonds. The van der Waals surface area contributed by atoms with Crippen LogP contribution in [-0.2, 0) is 21.2 Å². The van der Waals surface area contributed by atoms with E-state index in [2.05, 4.69) is 0 Å². The minimum Gasteiger partial charge on any atom is -0.340 e. The number of hydrogen-bond donors (Lipinski definition) is 0. The predicted molar refractivity (Wildman–Crippen MR) is 103 cm³/mol. The quantitative estimate of drug-likeness (QED) is 0.812. The molecule has 1 heterocycles. The summed E-state index contributed by atoms with van der Waals surface area (Å²) in [5.74, 6) is 0.0353. The molecule has 1 aliphatic rings. The molecule has 1 aliphatic heterocycles. The number of sulfonamides is 1. The van der Waals surface area contributed by atoms with Crippen LogP contribution in [0.25, 0.3) is 6.08 Å². The van der Waals surface area contributed by atoms with Crippen LogP contribution in [0.15, 0.2) is 66.1 Å². The molecule has 0 unspecified atom stereocenters. The number of amides is 1. The molecule has 0 radical (unpaired) electrons. The highest BCUT2D eigenvalue weighted by molar-refractivity contribution is 7.92. The topological polar surface area (TPSA) is 57.7 Å². The second-order valence-corrected chi connectivity index (χ2v) is 8.02. The average Bonchev–Trinajstić information content (AvgIpc) is 2.68. The fourth-order valence-corrected chi connectivity index (χ4v) is 4.06. The van der Waals surface area contributed by atoms with E-state index in [4.69, 9.17) is 0 Å². The van der Waals surface area contributed by atoms with Crippen molar-refractivity contribution >= 4 is 22.0 Å². The maximum Gasteiger partial charge on any atom is 0.236 e. The smallest absolute Gasteiger partial charge is 0.236 e. The van der Waals surface area contributed by atoms with Crippen molar-refractivity contribution in [3.63, 3.8) is 0 Å². The number of rotatable bonds is 5. The SMILES string of the molecule is O=C(Cc1ccccc1)N1CCN(S(=O)(=O)/C=C/c2ccccc2)CC1. The third-order valence-corrected chi connectivity index (χ3v) is 5.95. The fraction of sp³-hybridized carbons (Fsp3) is 0.250. The molecule has 2 aromatic rings. The first-order valence-corrected chi connectivity index (χ1v) is 10.1. The van der Waals surface area contributed by atoms with Crippen molar-refractivity contribution in [2.75, 3.05) is 26.2 Å². The van der Waals surface area contributed by atoms with Gasteiger partial charge in [-0.2, -0.15) is 4.31 Å². The van der Waals surface area contributed by atoms with Crippen LogP contribution < -0.4 is 0 Å². The monoisotopic (exact) mass is 370 g/mol. The Morgan fingerprint density at radius 2 is 1.46 bits per heavy atom. The number of benzene rings is 2. The number of carbonyl (C=O) groups excluding carboxylic acids is 1. The summed E-state index contributed by atoms with van der Waals surface area (Å²) in [6.07, 6.45) is 1.95. The second-order valence-electron chi connectivity index (χ2n) is 6.20. The van der Waals surface area contributed by atoms with Crippen LogP contribution in [0.5, 0.6) is 0 Å². The third-order valence-electron chi connectivity index (χ3n) is 4.38. The van der Waals surface area contributed by atoms with Crippen LogP contribution in [0.2, 0.25) is 0 Å². The maximum absolute atomic E-state index is 12.5. The summed E-state index contributed by atoms with van der Waals surface area (Å²) < 4.78 is 26.4. The molecule has 0 N–H and O–H groups in total. The van der Waals surface area contributed by atoms with E-state index < -0.39 is 10.0 Å². The first kappa shape index (κ1) is 18.4. The van der Waals surface area contributed by atoms with E-state index in [-0.39, 0.29) is 5.91 Å². The van der Waals surface area contributed by atoms with Gasteiger partial charge in [-0.05, 0) is 17.2 Å². The second kappa shape index (κ2) is 8.29. The van der Waals surface area contributed by atoms with Crippen LogP contribution >= 0.6 is 0 Å². The summed E-state index contributed by atoms with van der Waals surface area (Å²) in [6.45, 7) is 1.48. The van der Waals surface area contributed by atoms with Gasteiger partial charge in [-0.1, -0.05) is 60.7 Å². The van der Waals surface area contributed by atoms with Crippen molar-refractivity contribution in [3.8, 4) is 0 Å². The molecule has 0 spiro atoms. The minimum atomic E-state index is -3.47. The first-order valence-electron chi connectivity index (χ1n) is 8.59. The van der Waals surface area contributed by atoms with E-state index in [1.165, 1.54) is 9.71 Å². The third kappa shape index (κ3) is 4.80. The van der Waals surface area contributed by atoms with E-state index in [9.17, 15) is 13.2 Å². The van der Waals surface area contributed by atoms with Crippen molar-refractivity contribution in [2.24, 2.45) is 0 Å². The summed E-state index contributed by atoms with van der Waals surface area (Å²) in [4.78, 5) is 14.1. The van der Waals surface area contributed by atoms with Gasteiger partial charge in [0.05, 0.1) is 6.42 Å². The van der Waals surface area contributed by atoms with Crippen LogP contribution in [-0.4, -0.2) is 49.7 Å². The number of carbonyl (C=O) groups is 1. The van der Waals surface area contributed by atoms with Gasteiger partial charge < -0.3 is 4.90 Å². The van der Waals surface area contributed by atoms with E-state index >= 15 is 0 Å². The summed E-state index contributed by atoms with van der Waals surface area (Å²) in [6, 6.07) is 18.9. The molecule has 0 aliphatic carbocycles. The average molecular weight is 370 g/mol. The zero-order chi connectivity index (χ0) is 18.4. The van der Waals surface area contributed by atoms with Gasteiger partial charge in [-0.25, -0.2) is 8.42 Å². The molecule has 5 nitrogen and oxygen atoms in total. The highest BCUT2D eigenvalue weighted by Crippen LogP contribution is 2.13. The molecule has 0 bridgehead atoms. The Labute approximate surface area is 154 Å². The molecule has 0 saturated carbocycles. The molecule has 0 aromatic heterocycles. The van der Waals surface area contributed by atoms with Gasteiger partial charge in [0.2, 0.25) is 15.9 Å². The zero-order valence-electron chi connectivity index (χ0n) is 14.5. The van der Waals surface area contributed by atoms with Crippen LogP contribution in [0.1, 0.15) is 11.1 Å². The van der Waals surface area contributed by atoms with Gasteiger partial charge in [0.15, 0.2) is 0 Å². The van der Waals surface area contributed by atoms with Crippen molar-refractivity contribution in [3.05, 3.63) is 77.2 Å². The fourth-order valence-electron chi connectivity index (χ4n) is 2.89. The Hall–Kier alpha value is -2.44. The molecule has 1 saturated heterocycles. The van der Waals surface area contributed by atoms with Crippen molar-refractivity contribution in [2.45, 2.75) is 6.42 Å². The predicted octanol–water partition coefficient (Wildman–Crippen LogP) is 2.37. The Kier molecular flexibility index (Phi) is 5.85. The Morgan fingerprint density at radius 1 is 0.885 bits per heavy atom. The highest BCUT2D eigenvalue weighted by Gasteiger charge is 2.27. The van der Waals surface area contributed by atoms with E-state index in [1.54, 1.807) is 11.0 Å². The largest absolute Gasteiger partial charge is 0.340 e. The standard InChI is InChI=1S/C20H22N2O3S/c23-20(17-19-9-5-2-6-10-19)21-12-14-22(15-13-21)26(24,25)16-11-18-7-3-1-4-8-18/h1-11,16H,12-15,17H2/b16-11+. The molecule has 6 heteroatoms. The Bertz CT molecular complexity index is 856. The maximum atomic E-state index is 12.5. The number of hydrogen-bond acceptors (Lipinski definition) is 3. The summed E-state index contributed by atoms with van der Waals surface area (Å²) >= 11 is 0. The summed E-state index contributed by atoms with van der Waals surface area (Å²) in [5, 5.41) is 1.24. The molecule has 2 aromatic carbocycles. The zero-order valence-corrected chi connectivity index (χ0v) is 15.3. The lowest BCUT2D eigenvalue weighted by Crippen LogP contribution is -2.50.